The van der Waals surface area contributed by atoms with Crippen LogP contribution in [0.1, 0.15) is 32.1 Å². The molecular weight excluding hydrogens is 140 g/mol. The summed E-state index contributed by atoms with van der Waals surface area (Å²) in [4.78, 5) is 9.69. The highest BCUT2D eigenvalue weighted by Crippen LogP contribution is 2.54. The van der Waals surface area contributed by atoms with E-state index >= 15 is 0 Å². The van der Waals surface area contributed by atoms with Crippen LogP contribution in [0.5, 0.6) is 0 Å². The highest BCUT2D eigenvalue weighted by molar-refractivity contribution is 4.95. The van der Waals surface area contributed by atoms with E-state index in [0.29, 0.717) is 5.41 Å². The first-order valence-electron chi connectivity index (χ1n) is 4.50. The zero-order chi connectivity index (χ0) is 7.73. The zero-order valence-corrected chi connectivity index (χ0v) is 7.14. The summed E-state index contributed by atoms with van der Waals surface area (Å²) < 4.78 is 0. The quantitative estimate of drug-likeness (QED) is 0.460. The molecule has 2 fully saturated rings. The molecule has 2 aliphatic carbocycles. The van der Waals surface area contributed by atoms with Crippen molar-refractivity contribution in [2.45, 2.75) is 32.1 Å². The van der Waals surface area contributed by atoms with Gasteiger partial charge in [0.15, 0.2) is 0 Å². The second-order valence-electron chi connectivity index (χ2n) is 4.08. The van der Waals surface area contributed by atoms with Gasteiger partial charge in [-0.05, 0) is 43.4 Å². The Morgan fingerprint density at radius 3 is 2.55 bits per heavy atom. The Labute approximate surface area is 67.8 Å². The summed E-state index contributed by atoms with van der Waals surface area (Å²) in [5.74, 6) is 1.01. The van der Waals surface area contributed by atoms with Gasteiger partial charge in [0.25, 0.3) is 0 Å². The summed E-state index contributed by atoms with van der Waals surface area (Å²) in [7, 11) is 1.60. The summed E-state index contributed by atoms with van der Waals surface area (Å²) in [5.41, 5.74) is 0.515. The van der Waals surface area contributed by atoms with Gasteiger partial charge in [-0.15, -0.1) is 0 Å². The van der Waals surface area contributed by atoms with E-state index in [9.17, 15) is 0 Å². The average Bonchev–Trinajstić information content (AvgIpc) is 2.60. The van der Waals surface area contributed by atoms with Gasteiger partial charge in [-0.3, -0.25) is 0 Å². The van der Waals surface area contributed by atoms with Gasteiger partial charge in [-0.25, -0.2) is 9.78 Å². The van der Waals surface area contributed by atoms with E-state index in [1.165, 1.54) is 32.1 Å². The third-order valence-electron chi connectivity index (χ3n) is 3.37. The highest BCUT2D eigenvalue weighted by atomic mass is 17.2. The van der Waals surface area contributed by atoms with E-state index in [2.05, 4.69) is 4.89 Å². The second kappa shape index (κ2) is 2.76. The molecule has 2 heteroatoms. The number of rotatable bonds is 3. The van der Waals surface area contributed by atoms with Crippen LogP contribution in [0.15, 0.2) is 0 Å². The Kier molecular flexibility index (Phi) is 1.90. The fourth-order valence-corrected chi connectivity index (χ4v) is 2.70. The Bertz CT molecular complexity index is 136. The molecule has 0 atom stereocenters. The fourth-order valence-electron chi connectivity index (χ4n) is 2.70. The molecule has 2 saturated carbocycles. The fraction of sp³-hybridized carbons (Fsp3) is 1.00. The first-order valence-corrected chi connectivity index (χ1v) is 4.50. The van der Waals surface area contributed by atoms with E-state index in [-0.39, 0.29) is 0 Å². The molecule has 0 radical (unpaired) electrons. The van der Waals surface area contributed by atoms with Gasteiger partial charge in [0.05, 0.1) is 13.7 Å². The lowest BCUT2D eigenvalue weighted by Gasteiger charge is -2.24. The average molecular weight is 156 g/mol. The predicted octanol–water partition coefficient (Wildman–Crippen LogP) is 2.14. The van der Waals surface area contributed by atoms with E-state index in [0.717, 1.165) is 12.5 Å². The van der Waals surface area contributed by atoms with Gasteiger partial charge in [-0.2, -0.15) is 0 Å². The molecule has 11 heavy (non-hydrogen) atoms. The minimum Gasteiger partial charge on any atom is -0.240 e. The summed E-state index contributed by atoms with van der Waals surface area (Å²) in [6.07, 6.45) is 6.96. The van der Waals surface area contributed by atoms with Crippen LogP contribution < -0.4 is 0 Å². The monoisotopic (exact) mass is 156 g/mol. The molecule has 0 aromatic heterocycles. The van der Waals surface area contributed by atoms with Crippen molar-refractivity contribution in [1.29, 1.82) is 0 Å². The first kappa shape index (κ1) is 7.56. The summed E-state index contributed by atoms with van der Waals surface area (Å²) in [5, 5.41) is 0. The van der Waals surface area contributed by atoms with E-state index in [1.807, 2.05) is 0 Å². The summed E-state index contributed by atoms with van der Waals surface area (Å²) in [6.45, 7) is 0.819. The zero-order valence-electron chi connectivity index (χ0n) is 7.14. The molecule has 0 aromatic carbocycles. The Hall–Kier alpha value is -0.0800. The van der Waals surface area contributed by atoms with Gasteiger partial charge >= 0.3 is 0 Å². The molecule has 0 unspecified atom stereocenters. The van der Waals surface area contributed by atoms with Gasteiger partial charge in [0, 0.05) is 0 Å². The Morgan fingerprint density at radius 1 is 1.36 bits per heavy atom. The highest BCUT2D eigenvalue weighted by Gasteiger charge is 2.45. The number of hydrogen-bond acceptors (Lipinski definition) is 2. The Balaban J connectivity index is 1.89. The third-order valence-corrected chi connectivity index (χ3v) is 3.37. The van der Waals surface area contributed by atoms with Crippen LogP contribution in [0.25, 0.3) is 0 Å². The minimum absolute atomic E-state index is 0.515. The maximum absolute atomic E-state index is 5.04. The topological polar surface area (TPSA) is 18.5 Å². The van der Waals surface area contributed by atoms with Crippen LogP contribution in [0.2, 0.25) is 0 Å². The van der Waals surface area contributed by atoms with Crippen molar-refractivity contribution >= 4 is 0 Å². The van der Waals surface area contributed by atoms with Crippen LogP contribution in [0.4, 0.5) is 0 Å². The molecule has 0 spiro atoms. The molecule has 2 rings (SSSR count). The number of fused-ring (bicyclic) bond motifs is 2. The molecule has 64 valence electrons. The summed E-state index contributed by atoms with van der Waals surface area (Å²) >= 11 is 0. The maximum atomic E-state index is 5.04. The van der Waals surface area contributed by atoms with Crippen molar-refractivity contribution in [2.75, 3.05) is 13.7 Å². The van der Waals surface area contributed by atoms with E-state index in [1.54, 1.807) is 7.11 Å². The molecule has 0 aliphatic heterocycles. The summed E-state index contributed by atoms with van der Waals surface area (Å²) in [6, 6.07) is 0. The van der Waals surface area contributed by atoms with Crippen molar-refractivity contribution < 1.29 is 9.78 Å². The lowest BCUT2D eigenvalue weighted by atomic mass is 9.85. The molecule has 0 saturated heterocycles. The van der Waals surface area contributed by atoms with Crippen LogP contribution in [0.3, 0.4) is 0 Å². The smallest absolute Gasteiger partial charge is 0.0878 e. The molecule has 0 N–H and O–H groups in total. The molecule has 0 amide bonds. The molecule has 2 bridgehead atoms. The van der Waals surface area contributed by atoms with Crippen LogP contribution in [-0.4, -0.2) is 13.7 Å². The van der Waals surface area contributed by atoms with Gasteiger partial charge in [0.1, 0.15) is 0 Å². The van der Waals surface area contributed by atoms with Gasteiger partial charge in [-0.1, -0.05) is 0 Å². The Morgan fingerprint density at radius 2 is 2.09 bits per heavy atom. The second-order valence-corrected chi connectivity index (χ2v) is 4.08. The number of hydrogen-bond donors (Lipinski definition) is 0. The predicted molar refractivity (Wildman–Crippen MR) is 42.0 cm³/mol. The molecule has 0 aromatic rings. The molecule has 0 heterocycles. The lowest BCUT2D eigenvalue weighted by molar-refractivity contribution is -0.289. The minimum atomic E-state index is 0.515. The standard InChI is InChI=1S/C9H16O2/c1-10-11-7-9-4-2-8(6-9)3-5-9/h8H,2-7H2,1H3. The van der Waals surface area contributed by atoms with E-state index in [4.69, 9.17) is 4.89 Å². The van der Waals surface area contributed by atoms with Gasteiger partial charge < -0.3 is 0 Å². The van der Waals surface area contributed by atoms with Crippen molar-refractivity contribution in [1.82, 2.24) is 0 Å². The normalized spacial score (nSPS) is 41.7. The molecule has 2 nitrogen and oxygen atoms in total. The largest absolute Gasteiger partial charge is 0.240 e. The van der Waals surface area contributed by atoms with Crippen LogP contribution in [-0.2, 0) is 9.78 Å². The van der Waals surface area contributed by atoms with Crippen LogP contribution in [0, 0.1) is 11.3 Å². The van der Waals surface area contributed by atoms with E-state index < -0.39 is 0 Å². The van der Waals surface area contributed by atoms with Crippen molar-refractivity contribution in [3.63, 3.8) is 0 Å². The van der Waals surface area contributed by atoms with Crippen LogP contribution >= 0.6 is 0 Å². The van der Waals surface area contributed by atoms with Crippen molar-refractivity contribution in [3.05, 3.63) is 0 Å². The third kappa shape index (κ3) is 1.30. The van der Waals surface area contributed by atoms with Gasteiger partial charge in [0.2, 0.25) is 0 Å². The first-order chi connectivity index (χ1) is 5.35. The molecule has 2 aliphatic rings. The van der Waals surface area contributed by atoms with Crippen molar-refractivity contribution in [3.8, 4) is 0 Å². The SMILES string of the molecule is COOCC12CCC(CC1)C2. The lowest BCUT2D eigenvalue weighted by Crippen LogP contribution is -2.21. The maximum Gasteiger partial charge on any atom is 0.0878 e. The molecular formula is C9H16O2. The van der Waals surface area contributed by atoms with Crippen molar-refractivity contribution in [2.24, 2.45) is 11.3 Å².